The van der Waals surface area contributed by atoms with Gasteiger partial charge in [-0.05, 0) is 18.0 Å². The summed E-state index contributed by atoms with van der Waals surface area (Å²) >= 11 is 5.46. The Morgan fingerprint density at radius 3 is 3.00 bits per heavy atom. The Morgan fingerprint density at radius 1 is 1.57 bits per heavy atom. The van der Waals surface area contributed by atoms with Crippen LogP contribution in [0, 0.1) is 0 Å². The van der Waals surface area contributed by atoms with Crippen LogP contribution in [-0.4, -0.2) is 22.1 Å². The molecule has 1 amide bonds. The molecular weight excluding hydrogens is 206 g/mol. The van der Waals surface area contributed by atoms with Crippen molar-refractivity contribution < 1.29 is 9.42 Å². The molecule has 0 unspecified atom stereocenters. The van der Waals surface area contributed by atoms with Gasteiger partial charge in [-0.1, -0.05) is 12.1 Å². The molecule has 0 saturated heterocycles. The minimum atomic E-state index is -0.115. The van der Waals surface area contributed by atoms with Crippen molar-refractivity contribution in [1.82, 2.24) is 10.3 Å². The molecule has 0 aromatic carbocycles. The van der Waals surface area contributed by atoms with E-state index in [1.165, 1.54) is 0 Å². The molecule has 0 fully saturated rings. The first-order valence-electron chi connectivity index (χ1n) is 4.45. The average Bonchev–Trinajstić information content (AvgIpc) is 2.62. The molecule has 0 saturated carbocycles. The van der Waals surface area contributed by atoms with Gasteiger partial charge in [0.1, 0.15) is 5.69 Å². The number of aromatic nitrogens is 2. The first-order valence-corrected chi connectivity index (χ1v) is 4.98. The van der Waals surface area contributed by atoms with Gasteiger partial charge in [-0.3, -0.25) is 4.79 Å². The summed E-state index contributed by atoms with van der Waals surface area (Å²) in [4.78, 5) is 11.3. The second-order valence-electron chi connectivity index (χ2n) is 2.75. The van der Waals surface area contributed by atoms with E-state index in [4.69, 9.17) is 11.6 Å². The molecule has 0 atom stereocenters. The lowest BCUT2D eigenvalue weighted by Gasteiger charge is -1.99. The molecule has 0 radical (unpaired) electrons. The van der Waals surface area contributed by atoms with Crippen molar-refractivity contribution >= 4 is 23.3 Å². The molecule has 0 aliphatic carbocycles. The number of alkyl halides is 1. The van der Waals surface area contributed by atoms with Gasteiger partial charge in [0.25, 0.3) is 0 Å². The normalized spacial score (nSPS) is 10.1. The summed E-state index contributed by atoms with van der Waals surface area (Å²) in [5, 5.41) is 9.84. The van der Waals surface area contributed by atoms with Gasteiger partial charge in [0.2, 0.25) is 11.7 Å². The number of aryl methyl sites for hydroxylation is 1. The number of rotatable bonds is 5. The number of nitrogens with one attached hydrogen (secondary N) is 1. The molecule has 1 heterocycles. The second-order valence-corrected chi connectivity index (χ2v) is 3.13. The third-order valence-corrected chi connectivity index (χ3v) is 1.95. The molecule has 1 aromatic rings. The van der Waals surface area contributed by atoms with Gasteiger partial charge in [0.15, 0.2) is 0 Å². The van der Waals surface area contributed by atoms with Gasteiger partial charge in [-0.25, -0.2) is 4.63 Å². The Morgan fingerprint density at radius 2 is 2.36 bits per heavy atom. The largest absolute Gasteiger partial charge is 0.306 e. The molecular formula is C8H12ClN3O2. The standard InChI is InChI=1S/C8H12ClN3O2/c1-2-6-8(12-14-11-6)10-7(13)4-3-5-9/h2-5H2,1H3,(H,10,12,13). The number of anilines is 1. The van der Waals surface area contributed by atoms with Crippen molar-refractivity contribution in [3.8, 4) is 0 Å². The van der Waals surface area contributed by atoms with Gasteiger partial charge in [-0.2, -0.15) is 0 Å². The smallest absolute Gasteiger partial charge is 0.225 e. The number of hydrogen-bond acceptors (Lipinski definition) is 4. The van der Waals surface area contributed by atoms with E-state index in [0.29, 0.717) is 36.7 Å². The van der Waals surface area contributed by atoms with E-state index in [1.54, 1.807) is 0 Å². The van der Waals surface area contributed by atoms with Gasteiger partial charge in [0.05, 0.1) is 0 Å². The highest BCUT2D eigenvalue weighted by atomic mass is 35.5. The quantitative estimate of drug-likeness (QED) is 0.761. The van der Waals surface area contributed by atoms with E-state index in [2.05, 4.69) is 20.3 Å². The molecule has 0 aliphatic heterocycles. The SMILES string of the molecule is CCc1nonc1NC(=O)CCCCl. The highest BCUT2D eigenvalue weighted by molar-refractivity contribution is 6.18. The van der Waals surface area contributed by atoms with E-state index in [1.807, 2.05) is 6.92 Å². The fourth-order valence-corrected chi connectivity index (χ4v) is 1.09. The van der Waals surface area contributed by atoms with Crippen molar-refractivity contribution in [2.24, 2.45) is 0 Å². The Bertz CT molecular complexity index is 301. The van der Waals surface area contributed by atoms with Crippen LogP contribution in [0.25, 0.3) is 0 Å². The molecule has 0 spiro atoms. The van der Waals surface area contributed by atoms with E-state index >= 15 is 0 Å². The predicted molar refractivity (Wildman–Crippen MR) is 52.3 cm³/mol. The number of carbonyl (C=O) groups excluding carboxylic acids is 1. The predicted octanol–water partition coefficient (Wildman–Crippen LogP) is 1.59. The Balaban J connectivity index is 2.47. The Kier molecular flexibility index (Phi) is 4.39. The van der Waals surface area contributed by atoms with Crippen molar-refractivity contribution in [3.63, 3.8) is 0 Å². The summed E-state index contributed by atoms with van der Waals surface area (Å²) < 4.78 is 4.50. The van der Waals surface area contributed by atoms with Crippen LogP contribution >= 0.6 is 11.6 Å². The number of hydrogen-bond donors (Lipinski definition) is 1. The van der Waals surface area contributed by atoms with E-state index in [9.17, 15) is 4.79 Å². The van der Waals surface area contributed by atoms with E-state index < -0.39 is 0 Å². The van der Waals surface area contributed by atoms with Crippen molar-refractivity contribution in [1.29, 1.82) is 0 Å². The zero-order valence-corrected chi connectivity index (χ0v) is 8.67. The minimum absolute atomic E-state index is 0.115. The van der Waals surface area contributed by atoms with Gasteiger partial charge < -0.3 is 5.32 Å². The first kappa shape index (κ1) is 11.0. The number of carbonyl (C=O) groups is 1. The zero-order valence-electron chi connectivity index (χ0n) is 7.92. The third kappa shape index (κ3) is 2.99. The maximum Gasteiger partial charge on any atom is 0.225 e. The summed E-state index contributed by atoms with van der Waals surface area (Å²) in [6.07, 6.45) is 1.72. The van der Waals surface area contributed by atoms with Crippen LogP contribution in [0.5, 0.6) is 0 Å². The molecule has 78 valence electrons. The fourth-order valence-electron chi connectivity index (χ4n) is 0.955. The highest BCUT2D eigenvalue weighted by Gasteiger charge is 2.10. The first-order chi connectivity index (χ1) is 6.77. The minimum Gasteiger partial charge on any atom is -0.306 e. The third-order valence-electron chi connectivity index (χ3n) is 1.69. The van der Waals surface area contributed by atoms with Crippen LogP contribution in [0.1, 0.15) is 25.5 Å². The lowest BCUT2D eigenvalue weighted by Crippen LogP contribution is -2.12. The lowest BCUT2D eigenvalue weighted by atomic mass is 10.3. The maximum atomic E-state index is 11.3. The lowest BCUT2D eigenvalue weighted by molar-refractivity contribution is -0.116. The van der Waals surface area contributed by atoms with Crippen LogP contribution < -0.4 is 5.32 Å². The molecule has 5 nitrogen and oxygen atoms in total. The number of amides is 1. The Labute approximate surface area is 86.8 Å². The second kappa shape index (κ2) is 5.59. The van der Waals surface area contributed by atoms with Crippen LogP contribution in [0.2, 0.25) is 0 Å². The summed E-state index contributed by atoms with van der Waals surface area (Å²) in [6.45, 7) is 1.91. The molecule has 1 N–H and O–H groups in total. The molecule has 14 heavy (non-hydrogen) atoms. The van der Waals surface area contributed by atoms with E-state index in [-0.39, 0.29) is 5.91 Å². The molecule has 0 aliphatic rings. The average molecular weight is 218 g/mol. The molecule has 6 heteroatoms. The maximum absolute atomic E-state index is 11.3. The van der Waals surface area contributed by atoms with Crippen LogP contribution in [0.3, 0.4) is 0 Å². The summed E-state index contributed by atoms with van der Waals surface area (Å²) in [5.74, 6) is 0.772. The highest BCUT2D eigenvalue weighted by Crippen LogP contribution is 2.10. The zero-order chi connectivity index (χ0) is 10.4. The fraction of sp³-hybridized carbons (Fsp3) is 0.625. The van der Waals surface area contributed by atoms with Crippen LogP contribution in [0.4, 0.5) is 5.82 Å². The van der Waals surface area contributed by atoms with Crippen LogP contribution in [-0.2, 0) is 11.2 Å². The molecule has 1 rings (SSSR count). The van der Waals surface area contributed by atoms with Crippen LogP contribution in [0.15, 0.2) is 4.63 Å². The van der Waals surface area contributed by atoms with Crippen molar-refractivity contribution in [2.75, 3.05) is 11.2 Å². The number of nitrogens with zero attached hydrogens (tertiary/aromatic N) is 2. The van der Waals surface area contributed by atoms with Crippen molar-refractivity contribution in [3.05, 3.63) is 5.69 Å². The van der Waals surface area contributed by atoms with E-state index in [0.717, 1.165) is 0 Å². The topological polar surface area (TPSA) is 68.0 Å². The van der Waals surface area contributed by atoms with Gasteiger partial charge in [0, 0.05) is 12.3 Å². The number of halogens is 1. The van der Waals surface area contributed by atoms with Gasteiger partial charge >= 0.3 is 0 Å². The molecule has 1 aromatic heterocycles. The Hall–Kier alpha value is -1.10. The summed E-state index contributed by atoms with van der Waals surface area (Å²) in [6, 6.07) is 0. The van der Waals surface area contributed by atoms with Gasteiger partial charge in [-0.15, -0.1) is 11.6 Å². The van der Waals surface area contributed by atoms with Crippen molar-refractivity contribution in [2.45, 2.75) is 26.2 Å². The monoisotopic (exact) mass is 217 g/mol. The summed E-state index contributed by atoms with van der Waals surface area (Å²) in [7, 11) is 0. The summed E-state index contributed by atoms with van der Waals surface area (Å²) in [5.41, 5.74) is 0.657. The molecule has 0 bridgehead atoms.